The van der Waals surface area contributed by atoms with E-state index in [2.05, 4.69) is 4.98 Å². The topological polar surface area (TPSA) is 57.7 Å². The molecule has 0 N–H and O–H groups in total. The highest BCUT2D eigenvalue weighted by molar-refractivity contribution is 7.09. The fraction of sp³-hybridized carbons (Fsp3) is 0.158. The summed E-state index contributed by atoms with van der Waals surface area (Å²) >= 11 is 1.35. The van der Waals surface area contributed by atoms with Gasteiger partial charge in [-0.15, -0.1) is 11.3 Å². The molecule has 0 saturated heterocycles. The summed E-state index contributed by atoms with van der Waals surface area (Å²) in [7, 11) is 1.34. The molecule has 3 aromatic rings. The number of hydrogen-bond acceptors (Lipinski definition) is 6. The molecule has 1 heterocycles. The Bertz CT molecular complexity index is 928. The van der Waals surface area contributed by atoms with Crippen LogP contribution < -0.4 is 9.47 Å². The number of rotatable bonds is 7. The van der Waals surface area contributed by atoms with Gasteiger partial charge in [-0.25, -0.2) is 18.6 Å². The maximum absolute atomic E-state index is 13.6. The normalized spacial score (nSPS) is 10.5. The van der Waals surface area contributed by atoms with Gasteiger partial charge in [0.15, 0.2) is 11.6 Å². The van der Waals surface area contributed by atoms with Gasteiger partial charge >= 0.3 is 5.97 Å². The van der Waals surface area contributed by atoms with E-state index < -0.39 is 11.8 Å². The summed E-state index contributed by atoms with van der Waals surface area (Å²) in [6.07, 6.45) is 0. The fourth-order valence-electron chi connectivity index (χ4n) is 2.17. The molecule has 0 radical (unpaired) electrons. The zero-order chi connectivity index (χ0) is 19.2. The Morgan fingerprint density at radius 3 is 2.59 bits per heavy atom. The van der Waals surface area contributed by atoms with E-state index in [1.165, 1.54) is 54.8 Å². The Labute approximate surface area is 158 Å². The standard InChI is InChI=1S/C19H15F2NO4S/c1-24-17-7-2-12(8-16(17)21)19(23)26-9-14-11-27-18(22-14)10-25-15-5-3-13(20)4-6-15/h2-8,11H,9-10H2,1H3. The van der Waals surface area contributed by atoms with Gasteiger partial charge in [-0.1, -0.05) is 0 Å². The molecular formula is C19H15F2NO4S. The van der Waals surface area contributed by atoms with Crippen molar-refractivity contribution in [3.8, 4) is 11.5 Å². The number of halogens is 2. The first-order valence-corrected chi connectivity index (χ1v) is 8.75. The molecule has 0 spiro atoms. The smallest absolute Gasteiger partial charge is 0.338 e. The second kappa shape index (κ2) is 8.59. The van der Waals surface area contributed by atoms with Crippen molar-refractivity contribution in [1.82, 2.24) is 4.98 Å². The first kappa shape index (κ1) is 18.8. The number of carbonyl (C=O) groups excluding carboxylic acids is 1. The number of esters is 1. The maximum Gasteiger partial charge on any atom is 0.338 e. The van der Waals surface area contributed by atoms with Crippen molar-refractivity contribution in [3.05, 3.63) is 75.7 Å². The Kier molecular flexibility index (Phi) is 5.97. The highest BCUT2D eigenvalue weighted by Gasteiger charge is 2.12. The number of ether oxygens (including phenoxy) is 3. The number of carbonyl (C=O) groups is 1. The van der Waals surface area contributed by atoms with Gasteiger partial charge < -0.3 is 14.2 Å². The van der Waals surface area contributed by atoms with E-state index in [9.17, 15) is 13.6 Å². The van der Waals surface area contributed by atoms with Gasteiger partial charge in [-0.3, -0.25) is 0 Å². The van der Waals surface area contributed by atoms with Crippen molar-refractivity contribution in [2.24, 2.45) is 0 Å². The lowest BCUT2D eigenvalue weighted by atomic mass is 10.2. The van der Waals surface area contributed by atoms with E-state index in [0.29, 0.717) is 16.5 Å². The largest absolute Gasteiger partial charge is 0.494 e. The minimum absolute atomic E-state index is 0.0421. The van der Waals surface area contributed by atoms with Crippen LogP contribution in [0.5, 0.6) is 11.5 Å². The zero-order valence-corrected chi connectivity index (χ0v) is 15.1. The number of benzene rings is 2. The number of aromatic nitrogens is 1. The van der Waals surface area contributed by atoms with Crippen LogP contribution in [0.4, 0.5) is 8.78 Å². The number of nitrogens with zero attached hydrogens (tertiary/aromatic N) is 1. The highest BCUT2D eigenvalue weighted by Crippen LogP contribution is 2.19. The summed E-state index contributed by atoms with van der Waals surface area (Å²) in [6, 6.07) is 9.52. The molecule has 3 rings (SSSR count). The van der Waals surface area contributed by atoms with Crippen molar-refractivity contribution < 1.29 is 27.8 Å². The van der Waals surface area contributed by atoms with E-state index in [-0.39, 0.29) is 30.3 Å². The summed E-state index contributed by atoms with van der Waals surface area (Å²) in [4.78, 5) is 16.3. The van der Waals surface area contributed by atoms with Crippen LogP contribution >= 0.6 is 11.3 Å². The van der Waals surface area contributed by atoms with Crippen LogP contribution in [0.15, 0.2) is 47.8 Å². The van der Waals surface area contributed by atoms with Gasteiger partial charge in [0.1, 0.15) is 29.8 Å². The van der Waals surface area contributed by atoms with Crippen LogP contribution in [0.1, 0.15) is 21.1 Å². The molecule has 5 nitrogen and oxygen atoms in total. The average Bonchev–Trinajstić information content (AvgIpc) is 3.13. The molecule has 0 unspecified atom stereocenters. The number of hydrogen-bond donors (Lipinski definition) is 0. The third-order valence-electron chi connectivity index (χ3n) is 3.51. The van der Waals surface area contributed by atoms with Crippen LogP contribution in [-0.4, -0.2) is 18.1 Å². The first-order valence-electron chi connectivity index (χ1n) is 7.87. The third kappa shape index (κ3) is 5.01. The fourth-order valence-corrected chi connectivity index (χ4v) is 2.86. The van der Waals surface area contributed by atoms with Crippen molar-refractivity contribution in [3.63, 3.8) is 0 Å². The van der Waals surface area contributed by atoms with E-state index in [0.717, 1.165) is 6.07 Å². The maximum atomic E-state index is 13.6. The summed E-state index contributed by atoms with van der Waals surface area (Å²) in [5.41, 5.74) is 0.642. The minimum atomic E-state index is -0.659. The molecule has 27 heavy (non-hydrogen) atoms. The van der Waals surface area contributed by atoms with Gasteiger partial charge in [-0.2, -0.15) is 0 Å². The molecule has 8 heteroatoms. The summed E-state index contributed by atoms with van der Waals surface area (Å²) in [5, 5.41) is 2.42. The Balaban J connectivity index is 1.52. The average molecular weight is 391 g/mol. The molecule has 0 aliphatic heterocycles. The molecule has 0 saturated carbocycles. The van der Waals surface area contributed by atoms with Crippen LogP contribution in [0, 0.1) is 11.6 Å². The quantitative estimate of drug-likeness (QED) is 0.560. The van der Waals surface area contributed by atoms with Crippen LogP contribution in [0.2, 0.25) is 0 Å². The molecule has 1 aromatic heterocycles. The lowest BCUT2D eigenvalue weighted by molar-refractivity contribution is 0.0467. The van der Waals surface area contributed by atoms with E-state index in [1.807, 2.05) is 0 Å². The molecule has 0 bridgehead atoms. The van der Waals surface area contributed by atoms with Gasteiger partial charge in [0.05, 0.1) is 18.4 Å². The zero-order valence-electron chi connectivity index (χ0n) is 14.3. The van der Waals surface area contributed by atoms with E-state index >= 15 is 0 Å². The molecule has 140 valence electrons. The summed E-state index contributed by atoms with van der Waals surface area (Å²) < 4.78 is 42.0. The second-order valence-electron chi connectivity index (χ2n) is 5.40. The molecule has 0 aliphatic carbocycles. The lowest BCUT2D eigenvalue weighted by Gasteiger charge is -2.05. The van der Waals surface area contributed by atoms with Gasteiger partial charge in [0, 0.05) is 5.38 Å². The van der Waals surface area contributed by atoms with Gasteiger partial charge in [-0.05, 0) is 42.5 Å². The van der Waals surface area contributed by atoms with E-state index in [1.54, 1.807) is 5.38 Å². The Hall–Kier alpha value is -3.00. The van der Waals surface area contributed by atoms with Crippen molar-refractivity contribution in [1.29, 1.82) is 0 Å². The van der Waals surface area contributed by atoms with E-state index in [4.69, 9.17) is 14.2 Å². The van der Waals surface area contributed by atoms with Gasteiger partial charge in [0.2, 0.25) is 0 Å². The van der Waals surface area contributed by atoms with Gasteiger partial charge in [0.25, 0.3) is 0 Å². The first-order chi connectivity index (χ1) is 13.0. The molecule has 0 fully saturated rings. The van der Waals surface area contributed by atoms with Crippen LogP contribution in [0.3, 0.4) is 0 Å². The predicted molar refractivity (Wildman–Crippen MR) is 94.9 cm³/mol. The van der Waals surface area contributed by atoms with Crippen molar-refractivity contribution in [2.45, 2.75) is 13.2 Å². The number of thiazole rings is 1. The SMILES string of the molecule is COc1ccc(C(=O)OCc2csc(COc3ccc(F)cc3)n2)cc1F. The summed E-state index contributed by atoms with van der Waals surface area (Å²) in [6.45, 7) is 0.174. The Morgan fingerprint density at radius 1 is 1.11 bits per heavy atom. The molecule has 0 amide bonds. The van der Waals surface area contributed by atoms with Crippen molar-refractivity contribution >= 4 is 17.3 Å². The molecule has 0 atom stereocenters. The highest BCUT2D eigenvalue weighted by atomic mass is 32.1. The second-order valence-corrected chi connectivity index (χ2v) is 6.34. The van der Waals surface area contributed by atoms with Crippen LogP contribution in [0.25, 0.3) is 0 Å². The van der Waals surface area contributed by atoms with Crippen molar-refractivity contribution in [2.75, 3.05) is 7.11 Å². The lowest BCUT2D eigenvalue weighted by Crippen LogP contribution is -2.06. The molecule has 0 aliphatic rings. The molecular weight excluding hydrogens is 376 g/mol. The molecule has 2 aromatic carbocycles. The third-order valence-corrected chi connectivity index (χ3v) is 4.39. The number of methoxy groups -OCH3 is 1. The summed E-state index contributed by atoms with van der Waals surface area (Å²) in [5.74, 6) is -1.05. The Morgan fingerprint density at radius 2 is 1.89 bits per heavy atom. The minimum Gasteiger partial charge on any atom is -0.494 e. The van der Waals surface area contributed by atoms with Crippen LogP contribution in [-0.2, 0) is 18.0 Å². The predicted octanol–water partition coefficient (Wildman–Crippen LogP) is 4.37. The monoisotopic (exact) mass is 391 g/mol.